The van der Waals surface area contributed by atoms with E-state index in [1.807, 2.05) is 24.3 Å². The van der Waals surface area contributed by atoms with Gasteiger partial charge in [0.15, 0.2) is 0 Å². The lowest BCUT2D eigenvalue weighted by Crippen LogP contribution is -2.41. The van der Waals surface area contributed by atoms with Crippen LogP contribution in [-0.4, -0.2) is 16.5 Å². The third-order valence-corrected chi connectivity index (χ3v) is 6.25. The van der Waals surface area contributed by atoms with Gasteiger partial charge < -0.3 is 9.88 Å². The number of aryl methyl sites for hydroxylation is 1. The van der Waals surface area contributed by atoms with Crippen molar-refractivity contribution in [3.05, 3.63) is 71.7 Å². The van der Waals surface area contributed by atoms with Crippen LogP contribution in [0.5, 0.6) is 0 Å². The predicted molar refractivity (Wildman–Crippen MR) is 115 cm³/mol. The number of nitrogens with zero attached hydrogens (tertiary/aromatic N) is 1. The Kier molecular flexibility index (Phi) is 5.98. The molecule has 4 heteroatoms. The second-order valence-corrected chi connectivity index (χ2v) is 8.33. The molecule has 0 aliphatic heterocycles. The Balaban J connectivity index is 1.48. The van der Waals surface area contributed by atoms with Gasteiger partial charge in [-0.1, -0.05) is 56.2 Å². The number of fused-ring (bicyclic) bond motifs is 1. The first kappa shape index (κ1) is 19.7. The molecule has 0 radical (unpaired) electrons. The quantitative estimate of drug-likeness (QED) is 0.594. The first-order valence-electron chi connectivity index (χ1n) is 10.7. The molecule has 1 heterocycles. The molecule has 29 heavy (non-hydrogen) atoms. The summed E-state index contributed by atoms with van der Waals surface area (Å²) in [6.07, 6.45) is 8.03. The Hall–Kier alpha value is -2.62. The molecule has 1 aromatic heterocycles. The summed E-state index contributed by atoms with van der Waals surface area (Å²) in [5.41, 5.74) is 2.89. The Morgan fingerprint density at radius 1 is 1.07 bits per heavy atom. The van der Waals surface area contributed by atoms with Crippen molar-refractivity contribution in [1.29, 1.82) is 0 Å². The number of benzene rings is 2. The topological polar surface area (TPSA) is 34.0 Å². The molecule has 2 atom stereocenters. The van der Waals surface area contributed by atoms with Crippen LogP contribution in [-0.2, 0) is 17.8 Å². The van der Waals surface area contributed by atoms with Gasteiger partial charge in [0.25, 0.3) is 0 Å². The third-order valence-electron chi connectivity index (χ3n) is 6.25. The Labute approximate surface area is 171 Å². The van der Waals surface area contributed by atoms with Crippen LogP contribution in [0.1, 0.15) is 50.2 Å². The van der Waals surface area contributed by atoms with Crippen molar-refractivity contribution in [2.24, 2.45) is 5.92 Å². The molecule has 1 aliphatic rings. The number of aromatic nitrogens is 1. The number of carbonyl (C=O) groups is 1. The standard InChI is InChI=1S/C25H29FN2O/c1-18-8-2-6-12-23(18)27-25(29)15-14-19-16-28(24-13-7-4-10-21(19)24)17-20-9-3-5-11-22(20)26/h3-5,7,9-11,13,16,18,23H,2,6,8,12,14-15,17H2,1H3,(H,27,29)/t18-,23-/m0/s1. The van der Waals surface area contributed by atoms with Gasteiger partial charge in [0.1, 0.15) is 5.82 Å². The molecule has 1 N–H and O–H groups in total. The minimum absolute atomic E-state index is 0.134. The zero-order valence-electron chi connectivity index (χ0n) is 17.0. The minimum atomic E-state index is -0.187. The average molecular weight is 393 g/mol. The Morgan fingerprint density at radius 3 is 2.66 bits per heavy atom. The van der Waals surface area contributed by atoms with Gasteiger partial charge in [-0.25, -0.2) is 4.39 Å². The largest absolute Gasteiger partial charge is 0.353 e. The van der Waals surface area contributed by atoms with Crippen molar-refractivity contribution in [2.75, 3.05) is 0 Å². The maximum atomic E-state index is 14.1. The molecule has 1 fully saturated rings. The molecule has 0 spiro atoms. The second kappa shape index (κ2) is 8.81. The zero-order valence-corrected chi connectivity index (χ0v) is 17.0. The second-order valence-electron chi connectivity index (χ2n) is 8.33. The van der Waals surface area contributed by atoms with E-state index in [1.54, 1.807) is 6.07 Å². The number of hydrogen-bond acceptors (Lipinski definition) is 1. The zero-order chi connectivity index (χ0) is 20.2. The van der Waals surface area contributed by atoms with Gasteiger partial charge in [-0.2, -0.15) is 0 Å². The average Bonchev–Trinajstić information content (AvgIpc) is 3.08. The van der Waals surface area contributed by atoms with Crippen molar-refractivity contribution in [2.45, 2.75) is 58.0 Å². The van der Waals surface area contributed by atoms with E-state index in [1.165, 1.54) is 25.3 Å². The molecule has 0 saturated heterocycles. The molecule has 1 amide bonds. The van der Waals surface area contributed by atoms with Crippen molar-refractivity contribution in [1.82, 2.24) is 9.88 Å². The SMILES string of the molecule is C[C@H]1CCCC[C@@H]1NC(=O)CCc1cn(Cc2ccccc2F)c2ccccc12. The van der Waals surface area contributed by atoms with Crippen molar-refractivity contribution < 1.29 is 9.18 Å². The van der Waals surface area contributed by atoms with Gasteiger partial charge in [0.05, 0.1) is 6.54 Å². The summed E-state index contributed by atoms with van der Waals surface area (Å²) in [5.74, 6) is 0.512. The fraction of sp³-hybridized carbons (Fsp3) is 0.400. The highest BCUT2D eigenvalue weighted by Gasteiger charge is 2.22. The smallest absolute Gasteiger partial charge is 0.220 e. The lowest BCUT2D eigenvalue weighted by atomic mass is 9.86. The van der Waals surface area contributed by atoms with Crippen molar-refractivity contribution in [3.63, 3.8) is 0 Å². The van der Waals surface area contributed by atoms with E-state index in [2.05, 4.69) is 35.1 Å². The normalized spacial score (nSPS) is 19.4. The van der Waals surface area contributed by atoms with Crippen LogP contribution in [0.2, 0.25) is 0 Å². The van der Waals surface area contributed by atoms with Crippen LogP contribution in [0.3, 0.4) is 0 Å². The van der Waals surface area contributed by atoms with Crippen LogP contribution in [0.4, 0.5) is 4.39 Å². The molecule has 0 bridgehead atoms. The maximum absolute atomic E-state index is 14.1. The summed E-state index contributed by atoms with van der Waals surface area (Å²) >= 11 is 0. The summed E-state index contributed by atoms with van der Waals surface area (Å²) in [6.45, 7) is 2.72. The highest BCUT2D eigenvalue weighted by Crippen LogP contribution is 2.25. The van der Waals surface area contributed by atoms with Crippen molar-refractivity contribution in [3.8, 4) is 0 Å². The van der Waals surface area contributed by atoms with E-state index >= 15 is 0 Å². The summed E-state index contributed by atoms with van der Waals surface area (Å²) in [7, 11) is 0. The summed E-state index contributed by atoms with van der Waals surface area (Å²) in [5, 5.41) is 4.39. The fourth-order valence-corrected chi connectivity index (χ4v) is 4.52. The van der Waals surface area contributed by atoms with Crippen molar-refractivity contribution >= 4 is 16.8 Å². The molecule has 3 aromatic rings. The first-order valence-corrected chi connectivity index (χ1v) is 10.7. The predicted octanol–water partition coefficient (Wildman–Crippen LogP) is 5.46. The molecule has 4 rings (SSSR count). The fourth-order valence-electron chi connectivity index (χ4n) is 4.52. The van der Waals surface area contributed by atoms with E-state index in [0.717, 1.165) is 22.9 Å². The highest BCUT2D eigenvalue weighted by atomic mass is 19.1. The van der Waals surface area contributed by atoms with Gasteiger partial charge in [0.2, 0.25) is 5.91 Å². The first-order chi connectivity index (χ1) is 14.1. The van der Waals surface area contributed by atoms with Gasteiger partial charge in [-0.3, -0.25) is 4.79 Å². The Morgan fingerprint density at radius 2 is 1.83 bits per heavy atom. The van der Waals surface area contributed by atoms with Gasteiger partial charge >= 0.3 is 0 Å². The summed E-state index contributed by atoms with van der Waals surface area (Å²) in [4.78, 5) is 12.5. The molecule has 2 aromatic carbocycles. The summed E-state index contributed by atoms with van der Waals surface area (Å²) in [6, 6.07) is 15.4. The number of hydrogen-bond donors (Lipinski definition) is 1. The number of rotatable bonds is 6. The van der Waals surface area contributed by atoms with E-state index < -0.39 is 0 Å². The van der Waals surface area contributed by atoms with Crippen LogP contribution >= 0.6 is 0 Å². The van der Waals surface area contributed by atoms with E-state index in [4.69, 9.17) is 0 Å². The molecule has 152 valence electrons. The van der Waals surface area contributed by atoms with Crippen LogP contribution < -0.4 is 5.32 Å². The third kappa shape index (κ3) is 4.52. The highest BCUT2D eigenvalue weighted by molar-refractivity contribution is 5.85. The van der Waals surface area contributed by atoms with Gasteiger partial charge in [-0.05, 0) is 42.9 Å². The minimum Gasteiger partial charge on any atom is -0.353 e. The van der Waals surface area contributed by atoms with E-state index in [-0.39, 0.29) is 11.7 Å². The van der Waals surface area contributed by atoms with E-state index in [0.29, 0.717) is 36.9 Å². The summed E-state index contributed by atoms with van der Waals surface area (Å²) < 4.78 is 16.2. The Bertz CT molecular complexity index is 993. The molecular weight excluding hydrogens is 363 g/mol. The number of amides is 1. The number of para-hydroxylation sites is 1. The lowest BCUT2D eigenvalue weighted by molar-refractivity contribution is -0.122. The maximum Gasteiger partial charge on any atom is 0.220 e. The van der Waals surface area contributed by atoms with E-state index in [9.17, 15) is 9.18 Å². The monoisotopic (exact) mass is 392 g/mol. The molecule has 3 nitrogen and oxygen atoms in total. The number of carbonyl (C=O) groups excluding carboxylic acids is 1. The van der Waals surface area contributed by atoms with Crippen LogP contribution in [0.25, 0.3) is 10.9 Å². The molecule has 1 aliphatic carbocycles. The molecule has 1 saturated carbocycles. The van der Waals surface area contributed by atoms with Crippen LogP contribution in [0.15, 0.2) is 54.7 Å². The lowest BCUT2D eigenvalue weighted by Gasteiger charge is -2.29. The number of halogens is 1. The van der Waals surface area contributed by atoms with Gasteiger partial charge in [0, 0.05) is 35.1 Å². The molecule has 0 unspecified atom stereocenters. The molecular formula is C25H29FN2O. The number of nitrogens with one attached hydrogen (secondary N) is 1. The van der Waals surface area contributed by atoms with Crippen LogP contribution in [0, 0.1) is 11.7 Å². The van der Waals surface area contributed by atoms with Gasteiger partial charge in [-0.15, -0.1) is 0 Å².